The summed E-state index contributed by atoms with van der Waals surface area (Å²) in [6.45, 7) is 3.03. The third-order valence-corrected chi connectivity index (χ3v) is 5.53. The van der Waals surface area contributed by atoms with Crippen LogP contribution in [0.25, 0.3) is 11.1 Å². The Morgan fingerprint density at radius 1 is 0.625 bits per heavy atom. The Morgan fingerprint density at radius 2 is 1.19 bits per heavy atom. The van der Waals surface area contributed by atoms with Crippen molar-refractivity contribution >= 4 is 5.97 Å². The van der Waals surface area contributed by atoms with Gasteiger partial charge in [-0.1, -0.05) is 94.3 Å². The maximum atomic E-state index is 12.3. The van der Waals surface area contributed by atoms with E-state index in [4.69, 9.17) is 9.47 Å². The number of esters is 1. The molecule has 0 spiro atoms. The Kier molecular flexibility index (Phi) is 9.85. The summed E-state index contributed by atoms with van der Waals surface area (Å²) >= 11 is 0. The second-order valence-corrected chi connectivity index (χ2v) is 8.13. The molecule has 168 valence electrons. The molecule has 0 aliphatic carbocycles. The minimum atomic E-state index is -0.354. The summed E-state index contributed by atoms with van der Waals surface area (Å²) in [7, 11) is 0. The summed E-state index contributed by atoms with van der Waals surface area (Å²) in [4.78, 5) is 12.3. The molecule has 3 nitrogen and oxygen atoms in total. The molecule has 0 unspecified atom stereocenters. The van der Waals surface area contributed by atoms with Crippen LogP contribution in [0.5, 0.6) is 11.5 Å². The van der Waals surface area contributed by atoms with Crippen LogP contribution >= 0.6 is 0 Å². The lowest BCUT2D eigenvalue weighted by molar-refractivity contribution is 0.0735. The fraction of sp³-hybridized carbons (Fsp3) is 0.345. The van der Waals surface area contributed by atoms with E-state index in [1.807, 2.05) is 42.5 Å². The largest absolute Gasteiger partial charge is 0.494 e. The lowest BCUT2D eigenvalue weighted by Crippen LogP contribution is -2.08. The van der Waals surface area contributed by atoms with E-state index in [2.05, 4.69) is 19.1 Å². The van der Waals surface area contributed by atoms with Crippen molar-refractivity contribution in [1.82, 2.24) is 0 Å². The summed E-state index contributed by atoms with van der Waals surface area (Å²) in [5.74, 6) is 1.09. The monoisotopic (exact) mass is 430 g/mol. The van der Waals surface area contributed by atoms with Crippen molar-refractivity contribution in [3.05, 3.63) is 84.4 Å². The van der Waals surface area contributed by atoms with Crippen LogP contribution in [-0.2, 0) is 0 Å². The number of unbranched alkanes of at least 4 members (excludes halogenated alkanes) is 7. The highest BCUT2D eigenvalue weighted by Crippen LogP contribution is 2.23. The van der Waals surface area contributed by atoms with Crippen molar-refractivity contribution in [2.75, 3.05) is 6.61 Å². The molecule has 0 aliphatic heterocycles. The molecule has 0 amide bonds. The lowest BCUT2D eigenvalue weighted by atomic mass is 10.0. The van der Waals surface area contributed by atoms with E-state index >= 15 is 0 Å². The molecule has 3 rings (SSSR count). The molecular formula is C29H34O3. The maximum absolute atomic E-state index is 12.3. The van der Waals surface area contributed by atoms with Crippen LogP contribution in [0.1, 0.15) is 68.6 Å². The molecule has 32 heavy (non-hydrogen) atoms. The van der Waals surface area contributed by atoms with Gasteiger partial charge in [-0.25, -0.2) is 4.79 Å². The topological polar surface area (TPSA) is 35.5 Å². The standard InChI is InChI=1S/C29H34O3/c1-2-3-4-5-6-7-8-12-23-31-27-21-19-25(20-22-27)24-15-17-26(18-16-24)29(30)32-28-13-10-9-11-14-28/h9-11,13-22H,2-8,12,23H2,1H3. The molecule has 0 aliphatic rings. The summed E-state index contributed by atoms with van der Waals surface area (Å²) in [5.41, 5.74) is 2.67. The number of carbonyl (C=O) groups is 1. The summed E-state index contributed by atoms with van der Waals surface area (Å²) in [5, 5.41) is 0. The minimum absolute atomic E-state index is 0.354. The molecule has 0 heterocycles. The third-order valence-electron chi connectivity index (χ3n) is 5.53. The van der Waals surface area contributed by atoms with Gasteiger partial charge in [0.1, 0.15) is 11.5 Å². The SMILES string of the molecule is CCCCCCCCCCOc1ccc(-c2ccc(C(=O)Oc3ccccc3)cc2)cc1. The Balaban J connectivity index is 1.41. The minimum Gasteiger partial charge on any atom is -0.494 e. The molecule has 0 saturated heterocycles. The number of ether oxygens (including phenoxy) is 2. The highest BCUT2D eigenvalue weighted by molar-refractivity contribution is 5.91. The van der Waals surface area contributed by atoms with Gasteiger partial charge in [0.15, 0.2) is 0 Å². The number of hydrogen-bond donors (Lipinski definition) is 0. The molecule has 0 N–H and O–H groups in total. The van der Waals surface area contributed by atoms with Crippen molar-refractivity contribution in [3.8, 4) is 22.6 Å². The average Bonchev–Trinajstić information content (AvgIpc) is 2.84. The summed E-state index contributed by atoms with van der Waals surface area (Å²) in [6, 6.07) is 24.7. The zero-order chi connectivity index (χ0) is 22.4. The quantitative estimate of drug-likeness (QED) is 0.156. The van der Waals surface area contributed by atoms with Gasteiger partial charge >= 0.3 is 5.97 Å². The average molecular weight is 431 g/mol. The van der Waals surface area contributed by atoms with Crippen LogP contribution in [0.15, 0.2) is 78.9 Å². The fourth-order valence-corrected chi connectivity index (χ4v) is 3.62. The van der Waals surface area contributed by atoms with E-state index in [-0.39, 0.29) is 5.97 Å². The molecule has 0 bridgehead atoms. The second kappa shape index (κ2) is 13.4. The number of rotatable bonds is 13. The molecular weight excluding hydrogens is 396 g/mol. The highest BCUT2D eigenvalue weighted by atomic mass is 16.5. The van der Waals surface area contributed by atoms with Crippen molar-refractivity contribution in [1.29, 1.82) is 0 Å². The molecule has 0 atom stereocenters. The second-order valence-electron chi connectivity index (χ2n) is 8.13. The number of carbonyl (C=O) groups excluding carboxylic acids is 1. The normalized spacial score (nSPS) is 10.7. The van der Waals surface area contributed by atoms with Crippen molar-refractivity contribution in [2.24, 2.45) is 0 Å². The van der Waals surface area contributed by atoms with Crippen LogP contribution in [0.3, 0.4) is 0 Å². The van der Waals surface area contributed by atoms with Gasteiger partial charge in [-0.3, -0.25) is 0 Å². The van der Waals surface area contributed by atoms with Gasteiger partial charge in [0.25, 0.3) is 0 Å². The van der Waals surface area contributed by atoms with Crippen molar-refractivity contribution < 1.29 is 14.3 Å². The zero-order valence-corrected chi connectivity index (χ0v) is 19.1. The number of para-hydroxylation sites is 1. The zero-order valence-electron chi connectivity index (χ0n) is 19.1. The van der Waals surface area contributed by atoms with Crippen LogP contribution in [-0.4, -0.2) is 12.6 Å². The smallest absolute Gasteiger partial charge is 0.343 e. The van der Waals surface area contributed by atoms with E-state index < -0.39 is 0 Å². The van der Waals surface area contributed by atoms with Gasteiger partial charge in [0.2, 0.25) is 0 Å². The first-order valence-corrected chi connectivity index (χ1v) is 11.9. The molecule has 0 saturated carbocycles. The van der Waals surface area contributed by atoms with E-state index in [0.717, 1.165) is 29.9 Å². The van der Waals surface area contributed by atoms with Crippen LogP contribution in [0, 0.1) is 0 Å². The molecule has 0 radical (unpaired) electrons. The summed E-state index contributed by atoms with van der Waals surface area (Å²) in [6.07, 6.45) is 10.4. The van der Waals surface area contributed by atoms with E-state index in [1.165, 1.54) is 44.9 Å². The van der Waals surface area contributed by atoms with Crippen molar-refractivity contribution in [2.45, 2.75) is 58.3 Å². The Labute approximate surface area is 192 Å². The van der Waals surface area contributed by atoms with Gasteiger partial charge in [0, 0.05) is 0 Å². The van der Waals surface area contributed by atoms with Gasteiger partial charge in [-0.05, 0) is 53.9 Å². The molecule has 3 heteroatoms. The van der Waals surface area contributed by atoms with Gasteiger partial charge in [-0.2, -0.15) is 0 Å². The Morgan fingerprint density at radius 3 is 1.81 bits per heavy atom. The predicted octanol–water partition coefficient (Wildman–Crippen LogP) is 8.09. The molecule has 0 fully saturated rings. The van der Waals surface area contributed by atoms with E-state index in [1.54, 1.807) is 24.3 Å². The summed E-state index contributed by atoms with van der Waals surface area (Å²) < 4.78 is 11.3. The van der Waals surface area contributed by atoms with Gasteiger partial charge in [-0.15, -0.1) is 0 Å². The molecule has 0 aromatic heterocycles. The van der Waals surface area contributed by atoms with Crippen molar-refractivity contribution in [3.63, 3.8) is 0 Å². The maximum Gasteiger partial charge on any atom is 0.343 e. The molecule has 3 aromatic carbocycles. The van der Waals surface area contributed by atoms with Gasteiger partial charge < -0.3 is 9.47 Å². The van der Waals surface area contributed by atoms with E-state index in [0.29, 0.717) is 11.3 Å². The van der Waals surface area contributed by atoms with E-state index in [9.17, 15) is 4.79 Å². The van der Waals surface area contributed by atoms with Crippen LogP contribution < -0.4 is 9.47 Å². The number of benzene rings is 3. The number of hydrogen-bond acceptors (Lipinski definition) is 3. The van der Waals surface area contributed by atoms with Gasteiger partial charge in [0.05, 0.1) is 12.2 Å². The van der Waals surface area contributed by atoms with Crippen LogP contribution in [0.2, 0.25) is 0 Å². The molecule has 3 aromatic rings. The lowest BCUT2D eigenvalue weighted by Gasteiger charge is -2.08. The predicted molar refractivity (Wildman–Crippen MR) is 131 cm³/mol. The highest BCUT2D eigenvalue weighted by Gasteiger charge is 2.09. The fourth-order valence-electron chi connectivity index (χ4n) is 3.62. The third kappa shape index (κ3) is 7.88. The first-order valence-electron chi connectivity index (χ1n) is 11.9. The van der Waals surface area contributed by atoms with Crippen LogP contribution in [0.4, 0.5) is 0 Å². The Bertz CT molecular complexity index is 915. The first-order chi connectivity index (χ1) is 15.8. The first kappa shape index (κ1) is 23.6. The Hall–Kier alpha value is -3.07.